The molecule has 2 nitrogen and oxygen atoms in total. The minimum absolute atomic E-state index is 0. The Bertz CT molecular complexity index is 2270. The first-order chi connectivity index (χ1) is 23.9. The smallest absolute Gasteiger partial charge is 0.366 e. The largest absolute Gasteiger partial charge is 2.00 e. The van der Waals surface area contributed by atoms with Crippen LogP contribution in [0.2, 0.25) is 0 Å². The van der Waals surface area contributed by atoms with Gasteiger partial charge in [0, 0.05) is 11.6 Å². The summed E-state index contributed by atoms with van der Waals surface area (Å²) in [6.07, 6.45) is 8.14. The van der Waals surface area contributed by atoms with Crippen LogP contribution in [-0.4, -0.2) is 9.97 Å². The second kappa shape index (κ2) is 15.4. The van der Waals surface area contributed by atoms with Gasteiger partial charge in [0.15, 0.2) is 17.5 Å². The number of fused-ring (bicyclic) bond motifs is 1. The number of halogens is 7. The van der Waals surface area contributed by atoms with Crippen molar-refractivity contribution in [3.05, 3.63) is 149 Å². The minimum Gasteiger partial charge on any atom is -0.366 e. The van der Waals surface area contributed by atoms with Gasteiger partial charge in [-0.3, -0.25) is 20.3 Å². The summed E-state index contributed by atoms with van der Waals surface area (Å²) in [5.41, 5.74) is 5.19. The number of rotatable bonds is 3. The molecule has 0 N–H and O–H groups in total. The van der Waals surface area contributed by atoms with E-state index in [1.165, 1.54) is 11.1 Å². The van der Waals surface area contributed by atoms with Gasteiger partial charge in [-0.05, 0) is 56.3 Å². The standard InChI is InChI=1S/C34H31F2N2.C8F5.Pd/c1-33(2,3)26-13-24(14-27(19-26)34(4,5)6)25-17-30(22-11-12-28(35)29(36)15-22)38-32(18-25)31-16-21-9-7-8-10-23(21)20-37-31;1-2-3-4(9)6(11)8(13)7(12)5(3)10;/h7-10,12-20H,1-6H3;;/q2*-1;+2. The summed E-state index contributed by atoms with van der Waals surface area (Å²) in [6.45, 7) is 13.2. The average Bonchev–Trinajstić information content (AvgIpc) is 3.10. The molecule has 0 saturated carbocycles. The zero-order valence-electron chi connectivity index (χ0n) is 28.9. The van der Waals surface area contributed by atoms with E-state index in [1.54, 1.807) is 0 Å². The maximum atomic E-state index is 14.2. The first kappa shape index (κ1) is 40.0. The van der Waals surface area contributed by atoms with Crippen LogP contribution in [0.5, 0.6) is 0 Å². The van der Waals surface area contributed by atoms with Gasteiger partial charge in [0.2, 0.25) is 0 Å². The van der Waals surface area contributed by atoms with Gasteiger partial charge in [-0.25, -0.2) is 26.3 Å². The van der Waals surface area contributed by atoms with Crippen LogP contribution in [0.3, 0.4) is 0 Å². The third kappa shape index (κ3) is 8.44. The number of benzene rings is 4. The normalized spacial score (nSPS) is 11.4. The Balaban J connectivity index is 0.000000367. The Hall–Kier alpha value is -4.83. The molecule has 6 aromatic rings. The fraction of sp³-hybridized carbons (Fsp3) is 0.190. The molecule has 268 valence electrons. The predicted molar refractivity (Wildman–Crippen MR) is 184 cm³/mol. The maximum Gasteiger partial charge on any atom is 2.00 e. The van der Waals surface area contributed by atoms with Gasteiger partial charge in [0.1, 0.15) is 0 Å². The summed E-state index contributed by atoms with van der Waals surface area (Å²) in [5, 5.41) is 2.09. The molecule has 0 amide bonds. The minimum atomic E-state index is -2.24. The second-order valence-electron chi connectivity index (χ2n) is 14.0. The molecule has 0 aliphatic heterocycles. The second-order valence-corrected chi connectivity index (χ2v) is 14.0. The number of pyridine rings is 2. The fourth-order valence-corrected chi connectivity index (χ4v) is 5.16. The first-order valence-electron chi connectivity index (χ1n) is 15.7. The van der Waals surface area contributed by atoms with Crippen LogP contribution in [0, 0.1) is 59.1 Å². The monoisotopic (exact) mass is 802 g/mol. The first-order valence-corrected chi connectivity index (χ1v) is 15.7. The van der Waals surface area contributed by atoms with Gasteiger partial charge < -0.3 is 6.42 Å². The van der Waals surface area contributed by atoms with E-state index in [9.17, 15) is 30.7 Å². The van der Waals surface area contributed by atoms with Gasteiger partial charge >= 0.3 is 20.4 Å². The summed E-state index contributed by atoms with van der Waals surface area (Å²) >= 11 is 0. The van der Waals surface area contributed by atoms with Gasteiger partial charge in [0.25, 0.3) is 0 Å². The van der Waals surface area contributed by atoms with Crippen molar-refractivity contribution in [1.82, 2.24) is 9.97 Å². The van der Waals surface area contributed by atoms with Crippen LogP contribution in [0.1, 0.15) is 58.2 Å². The Kier molecular flexibility index (Phi) is 11.8. The quantitative estimate of drug-likeness (QED) is 0.0445. The van der Waals surface area contributed by atoms with Crippen LogP contribution >= 0.6 is 0 Å². The molecule has 10 heteroatoms. The molecule has 0 bridgehead atoms. The van der Waals surface area contributed by atoms with Crippen molar-refractivity contribution >= 4 is 10.8 Å². The summed E-state index contributed by atoms with van der Waals surface area (Å²) in [5.74, 6) is -11.2. The van der Waals surface area contributed by atoms with E-state index in [2.05, 4.69) is 70.8 Å². The van der Waals surface area contributed by atoms with Crippen molar-refractivity contribution in [3.63, 3.8) is 0 Å². The van der Waals surface area contributed by atoms with Gasteiger partial charge in [-0.2, -0.15) is 0 Å². The molecule has 0 saturated heterocycles. The molecule has 0 fully saturated rings. The Morgan fingerprint density at radius 1 is 0.596 bits per heavy atom. The van der Waals surface area contributed by atoms with E-state index in [0.29, 0.717) is 22.6 Å². The van der Waals surface area contributed by atoms with Crippen molar-refractivity contribution in [1.29, 1.82) is 0 Å². The van der Waals surface area contributed by atoms with Crippen molar-refractivity contribution in [3.8, 4) is 39.7 Å². The van der Waals surface area contributed by atoms with Crippen LogP contribution in [0.25, 0.3) is 44.5 Å². The molecule has 0 radical (unpaired) electrons. The molecule has 0 aliphatic carbocycles. The van der Waals surface area contributed by atoms with Crippen LogP contribution in [0.4, 0.5) is 30.7 Å². The number of aromatic nitrogens is 2. The van der Waals surface area contributed by atoms with Crippen LogP contribution < -0.4 is 0 Å². The van der Waals surface area contributed by atoms with E-state index >= 15 is 0 Å². The van der Waals surface area contributed by atoms with Crippen molar-refractivity contribution < 1.29 is 51.2 Å². The molecular weight excluding hydrogens is 772 g/mol. The molecule has 4 aromatic carbocycles. The Morgan fingerprint density at radius 3 is 1.65 bits per heavy atom. The summed E-state index contributed by atoms with van der Waals surface area (Å²) in [7, 11) is 0. The van der Waals surface area contributed by atoms with E-state index in [0.717, 1.165) is 40.0 Å². The number of hydrogen-bond donors (Lipinski definition) is 0. The maximum absolute atomic E-state index is 14.2. The van der Waals surface area contributed by atoms with Crippen molar-refractivity contribution in [2.75, 3.05) is 0 Å². The topological polar surface area (TPSA) is 25.8 Å². The zero-order chi connectivity index (χ0) is 37.4. The average molecular weight is 803 g/mol. The van der Waals surface area contributed by atoms with Gasteiger partial charge in [-0.1, -0.05) is 95.6 Å². The number of nitrogens with zero attached hydrogens (tertiary/aromatic N) is 2. The molecule has 2 aromatic heterocycles. The van der Waals surface area contributed by atoms with Gasteiger partial charge in [-0.15, -0.1) is 23.8 Å². The molecule has 6 rings (SSSR count). The fourth-order valence-electron chi connectivity index (χ4n) is 5.16. The van der Waals surface area contributed by atoms with Crippen LogP contribution in [-0.2, 0) is 31.3 Å². The summed E-state index contributed by atoms with van der Waals surface area (Å²) in [4.78, 5) is 9.52. The van der Waals surface area contributed by atoms with Gasteiger partial charge in [0.05, 0.1) is 34.7 Å². The van der Waals surface area contributed by atoms with Crippen LogP contribution in [0.15, 0.2) is 79.0 Å². The molecule has 0 spiro atoms. The molecule has 0 unspecified atom stereocenters. The predicted octanol–water partition coefficient (Wildman–Crippen LogP) is 11.6. The van der Waals surface area contributed by atoms with Crippen molar-refractivity contribution in [2.24, 2.45) is 0 Å². The third-order valence-electron chi connectivity index (χ3n) is 8.18. The Labute approximate surface area is 311 Å². The molecular formula is C42H31F7N2Pd. The molecule has 2 heterocycles. The Morgan fingerprint density at radius 2 is 1.12 bits per heavy atom. The third-order valence-corrected chi connectivity index (χ3v) is 8.18. The van der Waals surface area contributed by atoms with E-state index in [-0.39, 0.29) is 31.3 Å². The number of hydrogen-bond acceptors (Lipinski definition) is 2. The SMILES string of the molecule is CC(C)(C)c1cc(-c2cc(-c3[c-]cc(F)c(F)c3)nc(-c3cc4ccccc4cn3)c2)cc(C(C)(C)C)c1.[C-]#Cc1c(F)c(F)c(F)c(F)c1F.[Pd+2]. The van der Waals surface area contributed by atoms with E-state index < -0.39 is 46.3 Å². The molecule has 0 aliphatic rings. The van der Waals surface area contributed by atoms with E-state index in [1.807, 2.05) is 48.7 Å². The molecule has 52 heavy (non-hydrogen) atoms. The van der Waals surface area contributed by atoms with E-state index in [4.69, 9.17) is 11.4 Å². The molecule has 0 atom stereocenters. The van der Waals surface area contributed by atoms with Crippen molar-refractivity contribution in [2.45, 2.75) is 52.4 Å². The summed E-state index contributed by atoms with van der Waals surface area (Å²) < 4.78 is 89.9. The zero-order valence-corrected chi connectivity index (χ0v) is 30.4. The summed E-state index contributed by atoms with van der Waals surface area (Å²) in [6, 6.07) is 25.7.